The third-order valence-corrected chi connectivity index (χ3v) is 5.01. The summed E-state index contributed by atoms with van der Waals surface area (Å²) in [5.41, 5.74) is 0.922. The van der Waals surface area contributed by atoms with E-state index in [-0.39, 0.29) is 10.9 Å². The molecule has 1 aromatic heterocycles. The zero-order valence-electron chi connectivity index (χ0n) is 12.0. The predicted molar refractivity (Wildman–Crippen MR) is 84.5 cm³/mol. The number of thiazole rings is 1. The summed E-state index contributed by atoms with van der Waals surface area (Å²) < 4.78 is 22.9. The van der Waals surface area contributed by atoms with Gasteiger partial charge in [0.25, 0.3) is 0 Å². The summed E-state index contributed by atoms with van der Waals surface area (Å²) in [4.78, 5) is 5.53. The average Bonchev–Trinajstić information content (AvgIpc) is 2.85. The lowest BCUT2D eigenvalue weighted by molar-refractivity contribution is 0.520. The van der Waals surface area contributed by atoms with Crippen molar-refractivity contribution in [2.75, 3.05) is 0 Å². The topological polar surface area (TPSA) is 85.1 Å². The predicted octanol–water partition coefficient (Wildman–Crippen LogP) is 2.34. The van der Waals surface area contributed by atoms with Crippen molar-refractivity contribution in [3.05, 3.63) is 45.9 Å². The fraction of sp³-hybridized carbons (Fsp3) is 0.357. The lowest BCUT2D eigenvalue weighted by Crippen LogP contribution is -2.20. The van der Waals surface area contributed by atoms with Crippen LogP contribution >= 0.6 is 11.3 Å². The minimum absolute atomic E-state index is 0.0779. The maximum absolute atomic E-state index is 11.4. The number of hydrogen-bond acceptors (Lipinski definition) is 5. The van der Waals surface area contributed by atoms with E-state index >= 15 is 0 Å². The fourth-order valence-corrected chi connectivity index (χ4v) is 3.43. The summed E-state index contributed by atoms with van der Waals surface area (Å²) in [7, 11) is -3.67. The smallest absolute Gasteiger partial charge is 0.238 e. The molecule has 21 heavy (non-hydrogen) atoms. The highest BCUT2D eigenvalue weighted by Gasteiger charge is 2.13. The summed E-state index contributed by atoms with van der Waals surface area (Å²) in [5.74, 6) is 0. The Kier molecular flexibility index (Phi) is 5.10. The molecule has 0 aliphatic rings. The van der Waals surface area contributed by atoms with Crippen LogP contribution in [-0.4, -0.2) is 13.4 Å². The van der Waals surface area contributed by atoms with Gasteiger partial charge in [-0.2, -0.15) is 0 Å². The first-order valence-corrected chi connectivity index (χ1v) is 9.04. The lowest BCUT2D eigenvalue weighted by atomic mass is 10.0. The molecule has 0 spiro atoms. The van der Waals surface area contributed by atoms with E-state index in [9.17, 15) is 8.42 Å². The Morgan fingerprint density at radius 2 is 2.19 bits per heavy atom. The van der Waals surface area contributed by atoms with Crippen LogP contribution in [0.2, 0.25) is 0 Å². The molecule has 0 radical (unpaired) electrons. The molecule has 1 heterocycles. The van der Waals surface area contributed by atoms with E-state index < -0.39 is 10.0 Å². The molecule has 0 aliphatic carbocycles. The monoisotopic (exact) mass is 325 g/mol. The summed E-state index contributed by atoms with van der Waals surface area (Å²) in [6.07, 6.45) is 2.71. The molecule has 0 saturated heterocycles. The second kappa shape index (κ2) is 6.65. The highest BCUT2D eigenvalue weighted by Crippen LogP contribution is 2.21. The second-order valence-electron chi connectivity index (χ2n) is 4.80. The van der Waals surface area contributed by atoms with Gasteiger partial charge in [-0.15, -0.1) is 11.3 Å². The van der Waals surface area contributed by atoms with Crippen LogP contribution in [0.3, 0.4) is 0 Å². The Labute approximate surface area is 129 Å². The standard InChI is InChI=1S/C14H19N3O2S2/c1-3-14(17-9-12-8-16-10(2)20-12)11-5-4-6-13(7-11)21(15,18)19/h4-8,14,17H,3,9H2,1-2H3,(H2,15,18,19)/t14-/m0/s1. The van der Waals surface area contributed by atoms with Crippen molar-refractivity contribution in [1.82, 2.24) is 10.3 Å². The number of nitrogens with two attached hydrogens (primary N) is 1. The van der Waals surface area contributed by atoms with E-state index in [0.29, 0.717) is 6.54 Å². The van der Waals surface area contributed by atoms with Crippen LogP contribution in [0, 0.1) is 6.92 Å². The van der Waals surface area contributed by atoms with Gasteiger partial charge in [-0.3, -0.25) is 0 Å². The molecular weight excluding hydrogens is 306 g/mol. The molecule has 2 rings (SSSR count). The maximum atomic E-state index is 11.4. The Hall–Kier alpha value is -1.28. The van der Waals surface area contributed by atoms with E-state index in [1.165, 1.54) is 6.07 Å². The molecule has 0 saturated carbocycles. The minimum atomic E-state index is -3.67. The Bertz CT molecular complexity index is 711. The molecule has 0 bridgehead atoms. The van der Waals surface area contributed by atoms with Crippen LogP contribution < -0.4 is 10.5 Å². The number of rotatable bonds is 6. The fourth-order valence-electron chi connectivity index (χ4n) is 2.12. The molecule has 2 aromatic rings. The quantitative estimate of drug-likeness (QED) is 0.853. The molecule has 114 valence electrons. The number of primary sulfonamides is 1. The van der Waals surface area contributed by atoms with Gasteiger partial charge < -0.3 is 5.32 Å². The van der Waals surface area contributed by atoms with Gasteiger partial charge in [-0.25, -0.2) is 18.5 Å². The molecule has 5 nitrogen and oxygen atoms in total. The van der Waals surface area contributed by atoms with Gasteiger partial charge >= 0.3 is 0 Å². The van der Waals surface area contributed by atoms with Gasteiger partial charge in [-0.1, -0.05) is 19.1 Å². The van der Waals surface area contributed by atoms with Crippen LogP contribution in [-0.2, 0) is 16.6 Å². The van der Waals surface area contributed by atoms with Crippen molar-refractivity contribution in [3.8, 4) is 0 Å². The second-order valence-corrected chi connectivity index (χ2v) is 7.69. The number of sulfonamides is 1. The normalized spacial score (nSPS) is 13.3. The maximum Gasteiger partial charge on any atom is 0.238 e. The Morgan fingerprint density at radius 1 is 1.43 bits per heavy atom. The van der Waals surface area contributed by atoms with Gasteiger partial charge in [0.2, 0.25) is 10.0 Å². The van der Waals surface area contributed by atoms with Crippen LogP contribution in [0.1, 0.15) is 34.8 Å². The van der Waals surface area contributed by atoms with Crippen molar-refractivity contribution >= 4 is 21.4 Å². The first-order valence-electron chi connectivity index (χ1n) is 6.67. The number of nitrogens with zero attached hydrogens (tertiary/aromatic N) is 1. The minimum Gasteiger partial charge on any atom is -0.305 e. The zero-order valence-corrected chi connectivity index (χ0v) is 13.7. The number of nitrogens with one attached hydrogen (secondary N) is 1. The zero-order chi connectivity index (χ0) is 15.5. The van der Waals surface area contributed by atoms with Gasteiger partial charge in [0, 0.05) is 23.7 Å². The number of aromatic nitrogens is 1. The van der Waals surface area contributed by atoms with E-state index in [1.54, 1.807) is 23.5 Å². The Balaban J connectivity index is 2.14. The highest BCUT2D eigenvalue weighted by molar-refractivity contribution is 7.89. The number of hydrogen-bond donors (Lipinski definition) is 2. The van der Waals surface area contributed by atoms with Crippen molar-refractivity contribution in [1.29, 1.82) is 0 Å². The molecule has 1 atom stereocenters. The van der Waals surface area contributed by atoms with Gasteiger partial charge in [0.15, 0.2) is 0 Å². The summed E-state index contributed by atoms with van der Waals surface area (Å²) in [6, 6.07) is 6.85. The third-order valence-electron chi connectivity index (χ3n) is 3.19. The molecule has 0 fully saturated rings. The van der Waals surface area contributed by atoms with Crippen molar-refractivity contribution in [2.45, 2.75) is 37.8 Å². The van der Waals surface area contributed by atoms with Gasteiger partial charge in [-0.05, 0) is 31.0 Å². The van der Waals surface area contributed by atoms with Gasteiger partial charge in [0.05, 0.1) is 9.90 Å². The number of aryl methyl sites for hydroxylation is 1. The van der Waals surface area contributed by atoms with Crippen molar-refractivity contribution < 1.29 is 8.42 Å². The van der Waals surface area contributed by atoms with Crippen LogP contribution in [0.15, 0.2) is 35.4 Å². The molecule has 0 aliphatic heterocycles. The third kappa shape index (κ3) is 4.34. The van der Waals surface area contributed by atoms with Crippen molar-refractivity contribution in [2.24, 2.45) is 5.14 Å². The molecule has 3 N–H and O–H groups in total. The van der Waals surface area contributed by atoms with Crippen molar-refractivity contribution in [3.63, 3.8) is 0 Å². The van der Waals surface area contributed by atoms with E-state index in [2.05, 4.69) is 17.2 Å². The van der Waals surface area contributed by atoms with E-state index in [1.807, 2.05) is 19.2 Å². The summed E-state index contributed by atoms with van der Waals surface area (Å²) in [6.45, 7) is 4.74. The molecular formula is C14H19N3O2S2. The van der Waals surface area contributed by atoms with Gasteiger partial charge in [0.1, 0.15) is 0 Å². The summed E-state index contributed by atoms with van der Waals surface area (Å²) >= 11 is 1.65. The first kappa shape index (κ1) is 16.1. The van der Waals surface area contributed by atoms with E-state index in [0.717, 1.165) is 21.9 Å². The Morgan fingerprint density at radius 3 is 2.76 bits per heavy atom. The van der Waals surface area contributed by atoms with Crippen LogP contribution in [0.5, 0.6) is 0 Å². The SMILES string of the molecule is CC[C@H](NCc1cnc(C)s1)c1cccc(S(N)(=O)=O)c1. The molecule has 1 aromatic carbocycles. The summed E-state index contributed by atoms with van der Waals surface area (Å²) in [5, 5.41) is 9.65. The average molecular weight is 325 g/mol. The molecule has 7 heteroatoms. The molecule has 0 amide bonds. The van der Waals surface area contributed by atoms with Crippen LogP contribution in [0.4, 0.5) is 0 Å². The van der Waals surface area contributed by atoms with E-state index in [4.69, 9.17) is 5.14 Å². The largest absolute Gasteiger partial charge is 0.305 e. The molecule has 0 unspecified atom stereocenters. The number of benzene rings is 1. The highest BCUT2D eigenvalue weighted by atomic mass is 32.2. The van der Waals surface area contributed by atoms with Crippen LogP contribution in [0.25, 0.3) is 0 Å². The first-order chi connectivity index (χ1) is 9.90. The lowest BCUT2D eigenvalue weighted by Gasteiger charge is -2.17.